The van der Waals surface area contributed by atoms with E-state index in [1.807, 2.05) is 0 Å². The van der Waals surface area contributed by atoms with Crippen molar-refractivity contribution in [1.29, 1.82) is 0 Å². The van der Waals surface area contributed by atoms with Crippen molar-refractivity contribution >= 4 is 0 Å². The average molecular weight is 199 g/mol. The van der Waals surface area contributed by atoms with E-state index in [1.54, 1.807) is 7.11 Å². The van der Waals surface area contributed by atoms with Gasteiger partial charge in [-0.05, 0) is 31.7 Å². The van der Waals surface area contributed by atoms with Crippen LogP contribution in [0, 0.1) is 5.92 Å². The van der Waals surface area contributed by atoms with Crippen molar-refractivity contribution in [1.82, 2.24) is 5.32 Å². The van der Waals surface area contributed by atoms with Gasteiger partial charge in [0, 0.05) is 19.8 Å². The minimum atomic E-state index is 0.801. The largest absolute Gasteiger partial charge is 0.385 e. The average Bonchev–Trinajstić information content (AvgIpc) is 2.71. The zero-order valence-corrected chi connectivity index (χ0v) is 9.72. The van der Waals surface area contributed by atoms with Gasteiger partial charge in [0.15, 0.2) is 0 Å². The van der Waals surface area contributed by atoms with Crippen molar-refractivity contribution in [3.63, 3.8) is 0 Å². The smallest absolute Gasteiger partial charge is 0.0465 e. The second-order valence-electron chi connectivity index (χ2n) is 4.45. The molecule has 0 aromatic carbocycles. The predicted molar refractivity (Wildman–Crippen MR) is 60.5 cm³/mol. The number of hydrogen-bond acceptors (Lipinski definition) is 2. The van der Waals surface area contributed by atoms with Gasteiger partial charge in [-0.15, -0.1) is 0 Å². The van der Waals surface area contributed by atoms with Crippen LogP contribution in [0.5, 0.6) is 0 Å². The van der Waals surface area contributed by atoms with Gasteiger partial charge in [-0.25, -0.2) is 0 Å². The fraction of sp³-hybridized carbons (Fsp3) is 1.00. The molecule has 0 bridgehead atoms. The van der Waals surface area contributed by atoms with Crippen molar-refractivity contribution in [3.05, 3.63) is 0 Å². The van der Waals surface area contributed by atoms with E-state index in [0.717, 1.165) is 18.6 Å². The zero-order valence-electron chi connectivity index (χ0n) is 9.72. The first-order valence-electron chi connectivity index (χ1n) is 6.09. The molecule has 0 radical (unpaired) electrons. The number of rotatable bonds is 7. The van der Waals surface area contributed by atoms with Gasteiger partial charge < -0.3 is 10.1 Å². The molecule has 0 amide bonds. The number of ether oxygens (including phenoxy) is 1. The highest BCUT2D eigenvalue weighted by atomic mass is 16.5. The molecular formula is C12H25NO. The molecule has 1 rings (SSSR count). The quantitative estimate of drug-likeness (QED) is 0.680. The van der Waals surface area contributed by atoms with Crippen LogP contribution in [0.1, 0.15) is 45.4 Å². The third kappa shape index (κ3) is 4.43. The molecular weight excluding hydrogens is 174 g/mol. The summed E-state index contributed by atoms with van der Waals surface area (Å²) in [6.07, 6.45) is 8.09. The molecule has 0 aromatic rings. The van der Waals surface area contributed by atoms with Gasteiger partial charge in [-0.3, -0.25) is 0 Å². The van der Waals surface area contributed by atoms with E-state index in [-0.39, 0.29) is 0 Å². The Morgan fingerprint density at radius 3 is 2.64 bits per heavy atom. The van der Waals surface area contributed by atoms with Gasteiger partial charge in [-0.1, -0.05) is 26.2 Å². The zero-order chi connectivity index (χ0) is 10.2. The van der Waals surface area contributed by atoms with Gasteiger partial charge in [0.2, 0.25) is 0 Å². The highest BCUT2D eigenvalue weighted by Crippen LogP contribution is 2.18. The number of methoxy groups -OCH3 is 1. The molecule has 2 heteroatoms. The lowest BCUT2D eigenvalue weighted by molar-refractivity contribution is 0.174. The van der Waals surface area contributed by atoms with E-state index in [1.165, 1.54) is 45.1 Å². The summed E-state index contributed by atoms with van der Waals surface area (Å²) < 4.78 is 5.12. The fourth-order valence-corrected chi connectivity index (χ4v) is 2.20. The lowest BCUT2D eigenvalue weighted by atomic mass is 10.0. The molecule has 0 heterocycles. The number of nitrogens with one attached hydrogen (secondary N) is 1. The minimum absolute atomic E-state index is 0.801. The normalized spacial score (nSPS) is 20.1. The van der Waals surface area contributed by atoms with Crippen molar-refractivity contribution in [2.75, 3.05) is 20.3 Å². The van der Waals surface area contributed by atoms with Crippen molar-refractivity contribution < 1.29 is 4.74 Å². The maximum atomic E-state index is 5.12. The van der Waals surface area contributed by atoms with Gasteiger partial charge in [-0.2, -0.15) is 0 Å². The molecule has 1 N–H and O–H groups in total. The van der Waals surface area contributed by atoms with Crippen LogP contribution in [0.25, 0.3) is 0 Å². The minimum Gasteiger partial charge on any atom is -0.385 e. The molecule has 0 unspecified atom stereocenters. The van der Waals surface area contributed by atoms with Crippen molar-refractivity contribution in [2.45, 2.75) is 51.5 Å². The Morgan fingerprint density at radius 2 is 2.07 bits per heavy atom. The maximum Gasteiger partial charge on any atom is 0.0465 e. The van der Waals surface area contributed by atoms with E-state index in [2.05, 4.69) is 12.2 Å². The Kier molecular flexibility index (Phi) is 6.20. The van der Waals surface area contributed by atoms with Crippen molar-refractivity contribution in [2.24, 2.45) is 5.92 Å². The van der Waals surface area contributed by atoms with Gasteiger partial charge in [0.05, 0.1) is 0 Å². The Labute approximate surface area is 88.4 Å². The summed E-state index contributed by atoms with van der Waals surface area (Å²) in [5.74, 6) is 0.801. The highest BCUT2D eigenvalue weighted by molar-refractivity contribution is 4.74. The second kappa shape index (κ2) is 7.24. The summed E-state index contributed by atoms with van der Waals surface area (Å²) in [6.45, 7) is 4.37. The first-order chi connectivity index (χ1) is 6.86. The predicted octanol–water partition coefficient (Wildman–Crippen LogP) is 2.58. The first-order valence-corrected chi connectivity index (χ1v) is 6.09. The van der Waals surface area contributed by atoms with Crippen LogP contribution in [-0.4, -0.2) is 26.3 Å². The third-order valence-electron chi connectivity index (χ3n) is 3.36. The molecule has 0 aromatic heterocycles. The van der Waals surface area contributed by atoms with Crippen LogP contribution in [0.4, 0.5) is 0 Å². The lowest BCUT2D eigenvalue weighted by Crippen LogP contribution is -2.31. The molecule has 1 aliphatic rings. The summed E-state index contributed by atoms with van der Waals surface area (Å²) in [4.78, 5) is 0. The molecule has 84 valence electrons. The van der Waals surface area contributed by atoms with Crippen molar-refractivity contribution in [3.8, 4) is 0 Å². The molecule has 0 aliphatic heterocycles. The molecule has 0 saturated heterocycles. The van der Waals surface area contributed by atoms with Crippen LogP contribution in [-0.2, 0) is 4.74 Å². The molecule has 1 fully saturated rings. The monoisotopic (exact) mass is 199 g/mol. The molecule has 2 nitrogen and oxygen atoms in total. The van der Waals surface area contributed by atoms with Gasteiger partial charge in [0.25, 0.3) is 0 Å². The molecule has 1 aliphatic carbocycles. The van der Waals surface area contributed by atoms with Crippen LogP contribution in [0.3, 0.4) is 0 Å². The third-order valence-corrected chi connectivity index (χ3v) is 3.36. The highest BCUT2D eigenvalue weighted by Gasteiger charge is 2.15. The lowest BCUT2D eigenvalue weighted by Gasteiger charge is -2.18. The van der Waals surface area contributed by atoms with E-state index in [4.69, 9.17) is 4.74 Å². The standard InChI is InChI=1S/C12H25NO/c1-3-11(8-9-14-2)10-13-12-6-4-5-7-12/h11-13H,3-10H2,1-2H3/t11-/m1/s1. The van der Waals surface area contributed by atoms with E-state index in [0.29, 0.717) is 0 Å². The first kappa shape index (κ1) is 12.0. The molecule has 0 spiro atoms. The summed E-state index contributed by atoms with van der Waals surface area (Å²) in [6, 6.07) is 0.812. The fourth-order valence-electron chi connectivity index (χ4n) is 2.20. The van der Waals surface area contributed by atoms with Crippen LogP contribution >= 0.6 is 0 Å². The molecule has 1 atom stereocenters. The summed E-state index contributed by atoms with van der Waals surface area (Å²) in [5, 5.41) is 3.69. The van der Waals surface area contributed by atoms with Gasteiger partial charge >= 0.3 is 0 Å². The van der Waals surface area contributed by atoms with Crippen LogP contribution in [0.15, 0.2) is 0 Å². The maximum absolute atomic E-state index is 5.12. The Balaban J connectivity index is 2.06. The Morgan fingerprint density at radius 1 is 1.36 bits per heavy atom. The summed E-state index contributed by atoms with van der Waals surface area (Å²) in [7, 11) is 1.79. The van der Waals surface area contributed by atoms with Gasteiger partial charge in [0.1, 0.15) is 0 Å². The SMILES string of the molecule is CC[C@H](CCOC)CNC1CCCC1. The van der Waals surface area contributed by atoms with Crippen LogP contribution in [0.2, 0.25) is 0 Å². The Hall–Kier alpha value is -0.0800. The summed E-state index contributed by atoms with van der Waals surface area (Å²) >= 11 is 0. The number of hydrogen-bond donors (Lipinski definition) is 1. The molecule has 14 heavy (non-hydrogen) atoms. The van der Waals surface area contributed by atoms with Crippen LogP contribution < -0.4 is 5.32 Å². The molecule has 1 saturated carbocycles. The summed E-state index contributed by atoms with van der Waals surface area (Å²) in [5.41, 5.74) is 0. The second-order valence-corrected chi connectivity index (χ2v) is 4.45. The Bertz CT molecular complexity index is 132. The van der Waals surface area contributed by atoms with E-state index >= 15 is 0 Å². The topological polar surface area (TPSA) is 21.3 Å². The van der Waals surface area contributed by atoms with E-state index in [9.17, 15) is 0 Å². The van der Waals surface area contributed by atoms with E-state index < -0.39 is 0 Å².